The molecule has 3 rings (SSSR count). The topological polar surface area (TPSA) is 57.1 Å². The summed E-state index contributed by atoms with van der Waals surface area (Å²) >= 11 is 3.41. The fourth-order valence-corrected chi connectivity index (χ4v) is 2.63. The van der Waals surface area contributed by atoms with Gasteiger partial charge in [0.15, 0.2) is 0 Å². The fraction of sp³-hybridized carbons (Fsp3) is 0.222. The van der Waals surface area contributed by atoms with Gasteiger partial charge < -0.3 is 14.3 Å². The molecule has 0 N–H and O–H groups in total. The lowest BCUT2D eigenvalue weighted by atomic mass is 10.0. The molecule has 1 atom stereocenters. The predicted octanol–water partition coefficient (Wildman–Crippen LogP) is 3.69. The average Bonchev–Trinajstić information content (AvgIpc) is 3.11. The maximum atomic E-state index is 11.6. The van der Waals surface area contributed by atoms with Gasteiger partial charge in [-0.2, -0.15) is 0 Å². The Kier molecular flexibility index (Phi) is 5.15. The lowest BCUT2D eigenvalue weighted by molar-refractivity contribution is -0.152. The predicted molar refractivity (Wildman–Crippen MR) is 93.0 cm³/mol. The van der Waals surface area contributed by atoms with Crippen molar-refractivity contribution in [2.24, 2.45) is 5.16 Å². The molecule has 0 spiro atoms. The molecule has 2 aromatic carbocycles. The molecule has 0 amide bonds. The van der Waals surface area contributed by atoms with Gasteiger partial charge in [-0.25, -0.2) is 4.79 Å². The number of nitrogens with zero attached hydrogens (tertiary/aromatic N) is 1. The largest absolute Gasteiger partial charge is 0.488 e. The number of oxime groups is 1. The van der Waals surface area contributed by atoms with Crippen molar-refractivity contribution in [1.29, 1.82) is 0 Å². The molecule has 0 radical (unpaired) electrons. The Morgan fingerprint density at radius 3 is 2.75 bits per heavy atom. The van der Waals surface area contributed by atoms with Crippen LogP contribution < -0.4 is 4.74 Å². The highest BCUT2D eigenvalue weighted by atomic mass is 79.9. The van der Waals surface area contributed by atoms with Gasteiger partial charge in [-0.05, 0) is 29.8 Å². The summed E-state index contributed by atoms with van der Waals surface area (Å²) in [7, 11) is 1.33. The summed E-state index contributed by atoms with van der Waals surface area (Å²) < 4.78 is 11.6. The molecular formula is C18H16BrNO4. The van der Waals surface area contributed by atoms with E-state index in [1.165, 1.54) is 7.11 Å². The van der Waals surface area contributed by atoms with Gasteiger partial charge in [-0.1, -0.05) is 45.4 Å². The van der Waals surface area contributed by atoms with Crippen LogP contribution in [0.4, 0.5) is 0 Å². The highest BCUT2D eigenvalue weighted by Crippen LogP contribution is 2.26. The first-order valence-corrected chi connectivity index (χ1v) is 8.24. The Bertz CT molecular complexity index is 758. The zero-order chi connectivity index (χ0) is 16.9. The Morgan fingerprint density at radius 1 is 1.25 bits per heavy atom. The number of carbonyl (C=O) groups excluding carboxylic acids is 1. The number of para-hydroxylation sites is 1. The molecule has 1 aliphatic rings. The van der Waals surface area contributed by atoms with Crippen molar-refractivity contribution in [3.8, 4) is 5.75 Å². The molecule has 2 aromatic rings. The van der Waals surface area contributed by atoms with E-state index in [-0.39, 0.29) is 0 Å². The first kappa shape index (κ1) is 16.5. The maximum Gasteiger partial charge on any atom is 0.350 e. The minimum Gasteiger partial charge on any atom is -0.488 e. The lowest BCUT2D eigenvalue weighted by Crippen LogP contribution is -2.22. The van der Waals surface area contributed by atoms with Gasteiger partial charge in [0.1, 0.15) is 12.4 Å². The molecule has 6 heteroatoms. The second-order valence-electron chi connectivity index (χ2n) is 5.27. The molecule has 0 bridgehead atoms. The first-order chi connectivity index (χ1) is 11.7. The van der Waals surface area contributed by atoms with Crippen LogP contribution in [0.1, 0.15) is 17.5 Å². The van der Waals surface area contributed by atoms with Gasteiger partial charge in [-0.15, -0.1) is 0 Å². The third kappa shape index (κ3) is 3.76. The quantitative estimate of drug-likeness (QED) is 0.731. The van der Waals surface area contributed by atoms with E-state index in [9.17, 15) is 4.79 Å². The number of hydrogen-bond donors (Lipinski definition) is 0. The Morgan fingerprint density at radius 2 is 2.00 bits per heavy atom. The van der Waals surface area contributed by atoms with E-state index in [2.05, 4.69) is 21.1 Å². The molecular weight excluding hydrogens is 374 g/mol. The molecule has 1 heterocycles. The van der Waals surface area contributed by atoms with Crippen molar-refractivity contribution in [3.05, 3.63) is 64.1 Å². The third-order valence-electron chi connectivity index (χ3n) is 3.64. The maximum absolute atomic E-state index is 11.6. The second-order valence-corrected chi connectivity index (χ2v) is 6.19. The van der Waals surface area contributed by atoms with E-state index in [4.69, 9.17) is 14.3 Å². The number of halogens is 1. The summed E-state index contributed by atoms with van der Waals surface area (Å²) in [6, 6.07) is 15.5. The van der Waals surface area contributed by atoms with Crippen LogP contribution in [-0.2, 0) is 21.0 Å². The molecule has 24 heavy (non-hydrogen) atoms. The highest BCUT2D eigenvalue weighted by Gasteiger charge is 2.30. The first-order valence-electron chi connectivity index (χ1n) is 7.44. The molecule has 0 aliphatic carbocycles. The van der Waals surface area contributed by atoms with Crippen LogP contribution in [0.3, 0.4) is 0 Å². The smallest absolute Gasteiger partial charge is 0.350 e. The SMILES string of the molecule is COC(=O)C1CC(c2ccccc2OCc2ccc(Br)cc2)=NO1. The van der Waals surface area contributed by atoms with Gasteiger partial charge in [-0.3, -0.25) is 0 Å². The summed E-state index contributed by atoms with van der Waals surface area (Å²) in [4.78, 5) is 16.7. The standard InChI is InChI=1S/C18H16BrNO4/c1-22-18(21)17-10-15(20-24-17)14-4-2-3-5-16(14)23-11-12-6-8-13(19)9-7-12/h2-9,17H,10-11H2,1H3. The molecule has 0 saturated heterocycles. The fourth-order valence-electron chi connectivity index (χ4n) is 2.37. The van der Waals surface area contributed by atoms with Crippen molar-refractivity contribution >= 4 is 27.6 Å². The molecule has 5 nitrogen and oxygen atoms in total. The Balaban J connectivity index is 1.72. The summed E-state index contributed by atoms with van der Waals surface area (Å²) in [5.74, 6) is 0.273. The van der Waals surface area contributed by atoms with Gasteiger partial charge in [0.2, 0.25) is 6.10 Å². The van der Waals surface area contributed by atoms with Crippen LogP contribution in [0.2, 0.25) is 0 Å². The Hall–Kier alpha value is -2.34. The number of rotatable bonds is 5. The summed E-state index contributed by atoms with van der Waals surface area (Å²) in [5.41, 5.74) is 2.56. The molecule has 1 unspecified atom stereocenters. The van der Waals surface area contributed by atoms with Crippen molar-refractivity contribution in [3.63, 3.8) is 0 Å². The van der Waals surface area contributed by atoms with Gasteiger partial charge >= 0.3 is 5.97 Å². The summed E-state index contributed by atoms with van der Waals surface area (Å²) in [6.45, 7) is 0.443. The minimum absolute atomic E-state index is 0.366. The normalized spacial score (nSPS) is 16.2. The third-order valence-corrected chi connectivity index (χ3v) is 4.17. The van der Waals surface area contributed by atoms with Crippen LogP contribution in [0, 0.1) is 0 Å². The Labute approximate surface area is 148 Å². The van der Waals surface area contributed by atoms with Gasteiger partial charge in [0.25, 0.3) is 0 Å². The molecule has 0 saturated carbocycles. The summed E-state index contributed by atoms with van der Waals surface area (Å²) in [5, 5.41) is 4.01. The second kappa shape index (κ2) is 7.49. The van der Waals surface area contributed by atoms with Crippen LogP contribution in [0.5, 0.6) is 5.75 Å². The molecule has 1 aliphatic heterocycles. The number of ether oxygens (including phenoxy) is 2. The van der Waals surface area contributed by atoms with Gasteiger partial charge in [0, 0.05) is 16.5 Å². The number of methoxy groups -OCH3 is 1. The summed E-state index contributed by atoms with van der Waals surface area (Å²) in [6.07, 6.45) is -0.324. The average molecular weight is 390 g/mol. The van der Waals surface area contributed by atoms with E-state index in [0.717, 1.165) is 15.6 Å². The lowest BCUT2D eigenvalue weighted by Gasteiger charge is -2.11. The van der Waals surface area contributed by atoms with Crippen molar-refractivity contribution in [1.82, 2.24) is 0 Å². The van der Waals surface area contributed by atoms with E-state index >= 15 is 0 Å². The molecule has 0 aromatic heterocycles. The van der Waals surface area contributed by atoms with Gasteiger partial charge in [0.05, 0.1) is 12.8 Å². The number of esters is 1. The zero-order valence-electron chi connectivity index (χ0n) is 13.1. The van der Waals surface area contributed by atoms with Crippen molar-refractivity contribution in [2.75, 3.05) is 7.11 Å². The molecule has 0 fully saturated rings. The number of benzene rings is 2. The van der Waals surface area contributed by atoms with E-state index in [1.807, 2.05) is 48.5 Å². The van der Waals surface area contributed by atoms with E-state index in [0.29, 0.717) is 24.5 Å². The van der Waals surface area contributed by atoms with Crippen molar-refractivity contribution < 1.29 is 19.1 Å². The monoisotopic (exact) mass is 389 g/mol. The van der Waals surface area contributed by atoms with Crippen molar-refractivity contribution in [2.45, 2.75) is 19.1 Å². The van der Waals surface area contributed by atoms with Crippen LogP contribution >= 0.6 is 15.9 Å². The highest BCUT2D eigenvalue weighted by molar-refractivity contribution is 9.10. The zero-order valence-corrected chi connectivity index (χ0v) is 14.7. The van der Waals surface area contributed by atoms with Crippen LogP contribution in [-0.4, -0.2) is 24.9 Å². The van der Waals surface area contributed by atoms with E-state index in [1.54, 1.807) is 0 Å². The number of hydrogen-bond acceptors (Lipinski definition) is 5. The molecule has 124 valence electrons. The van der Waals surface area contributed by atoms with Crippen LogP contribution in [0.15, 0.2) is 58.2 Å². The number of carbonyl (C=O) groups is 1. The minimum atomic E-state index is -0.690. The van der Waals surface area contributed by atoms with Crippen LogP contribution in [0.25, 0.3) is 0 Å². The van der Waals surface area contributed by atoms with E-state index < -0.39 is 12.1 Å².